The molecule has 1 saturated carbocycles. The van der Waals surface area contributed by atoms with Crippen LogP contribution < -0.4 is 10.5 Å². The zero-order chi connectivity index (χ0) is 14.0. The highest BCUT2D eigenvalue weighted by Gasteiger charge is 2.34. The molecule has 1 amide bonds. The second-order valence-electron chi connectivity index (χ2n) is 5.54. The van der Waals surface area contributed by atoms with Crippen LogP contribution in [0.3, 0.4) is 0 Å². The van der Waals surface area contributed by atoms with Crippen molar-refractivity contribution in [1.29, 1.82) is 0 Å². The van der Waals surface area contributed by atoms with E-state index in [4.69, 9.17) is 10.5 Å². The van der Waals surface area contributed by atoms with E-state index in [-0.39, 0.29) is 5.91 Å². The van der Waals surface area contributed by atoms with E-state index in [0.29, 0.717) is 29.0 Å². The molecule has 1 aromatic rings. The maximum Gasteiger partial charge on any atom is 0.257 e. The molecule has 0 spiro atoms. The van der Waals surface area contributed by atoms with Crippen molar-refractivity contribution in [3.05, 3.63) is 23.8 Å². The number of rotatable bonds is 5. The lowest BCUT2D eigenvalue weighted by Gasteiger charge is -2.25. The van der Waals surface area contributed by atoms with Gasteiger partial charge in [0.25, 0.3) is 5.91 Å². The van der Waals surface area contributed by atoms with Crippen LogP contribution in [0.4, 0.5) is 5.69 Å². The first-order valence-corrected chi connectivity index (χ1v) is 6.77. The quantitative estimate of drug-likeness (QED) is 0.830. The molecule has 0 radical (unpaired) electrons. The Morgan fingerprint density at radius 2 is 2.16 bits per heavy atom. The molecular formula is C15H22N2O2. The molecule has 0 aromatic heterocycles. The van der Waals surface area contributed by atoms with E-state index in [1.807, 2.05) is 4.90 Å². The van der Waals surface area contributed by atoms with E-state index in [0.717, 1.165) is 19.4 Å². The van der Waals surface area contributed by atoms with Crippen molar-refractivity contribution in [1.82, 2.24) is 4.90 Å². The predicted octanol–water partition coefficient (Wildman–Crippen LogP) is 2.54. The number of anilines is 1. The molecule has 1 fully saturated rings. The van der Waals surface area contributed by atoms with Gasteiger partial charge in [-0.3, -0.25) is 4.79 Å². The smallest absolute Gasteiger partial charge is 0.257 e. The maximum absolute atomic E-state index is 12.7. The van der Waals surface area contributed by atoms with E-state index in [1.165, 1.54) is 0 Å². The molecule has 1 aliphatic rings. The van der Waals surface area contributed by atoms with Gasteiger partial charge in [-0.15, -0.1) is 0 Å². The number of ether oxygens (including phenoxy) is 1. The molecule has 0 bridgehead atoms. The number of hydrogen-bond donors (Lipinski definition) is 1. The SMILES string of the molecule is COc1cc(N)ccc1C(=O)N(CC(C)C)C1CC1. The molecule has 2 N–H and O–H groups in total. The summed E-state index contributed by atoms with van der Waals surface area (Å²) < 4.78 is 5.28. The van der Waals surface area contributed by atoms with Crippen LogP contribution in [0.2, 0.25) is 0 Å². The summed E-state index contributed by atoms with van der Waals surface area (Å²) in [6, 6.07) is 5.60. The van der Waals surface area contributed by atoms with Crippen molar-refractivity contribution in [2.75, 3.05) is 19.4 Å². The molecule has 0 heterocycles. The van der Waals surface area contributed by atoms with Gasteiger partial charge in [0.1, 0.15) is 5.75 Å². The predicted molar refractivity (Wildman–Crippen MR) is 76.3 cm³/mol. The van der Waals surface area contributed by atoms with E-state index in [2.05, 4.69) is 13.8 Å². The lowest BCUT2D eigenvalue weighted by atomic mass is 10.1. The number of nitrogens with zero attached hydrogens (tertiary/aromatic N) is 1. The fourth-order valence-electron chi connectivity index (χ4n) is 2.22. The Bertz CT molecular complexity index is 467. The molecule has 1 aliphatic carbocycles. The van der Waals surface area contributed by atoms with Crippen LogP contribution in [-0.2, 0) is 0 Å². The summed E-state index contributed by atoms with van der Waals surface area (Å²) in [4.78, 5) is 14.6. The number of benzene rings is 1. The average molecular weight is 262 g/mol. The van der Waals surface area contributed by atoms with Gasteiger partial charge in [0.15, 0.2) is 0 Å². The molecule has 104 valence electrons. The topological polar surface area (TPSA) is 55.6 Å². The molecule has 0 atom stereocenters. The van der Waals surface area contributed by atoms with Crippen LogP contribution in [0.15, 0.2) is 18.2 Å². The highest BCUT2D eigenvalue weighted by atomic mass is 16.5. The Hall–Kier alpha value is -1.71. The van der Waals surface area contributed by atoms with Gasteiger partial charge in [-0.05, 0) is 30.9 Å². The number of nitrogen functional groups attached to an aromatic ring is 1. The Morgan fingerprint density at radius 1 is 1.47 bits per heavy atom. The van der Waals surface area contributed by atoms with Crippen LogP contribution in [-0.4, -0.2) is 30.5 Å². The number of nitrogens with two attached hydrogens (primary N) is 1. The number of carbonyl (C=O) groups excluding carboxylic acids is 1. The molecule has 2 rings (SSSR count). The summed E-state index contributed by atoms with van der Waals surface area (Å²) in [6.45, 7) is 5.04. The van der Waals surface area contributed by atoms with Crippen LogP contribution in [0, 0.1) is 5.92 Å². The fraction of sp³-hybridized carbons (Fsp3) is 0.533. The van der Waals surface area contributed by atoms with Crippen molar-refractivity contribution < 1.29 is 9.53 Å². The minimum absolute atomic E-state index is 0.0491. The maximum atomic E-state index is 12.7. The highest BCUT2D eigenvalue weighted by Crippen LogP contribution is 2.31. The summed E-state index contributed by atoms with van der Waals surface area (Å²) >= 11 is 0. The second kappa shape index (κ2) is 5.51. The third kappa shape index (κ3) is 3.19. The van der Waals surface area contributed by atoms with Crippen LogP contribution in [0.1, 0.15) is 37.0 Å². The Kier molecular flexibility index (Phi) is 3.98. The second-order valence-corrected chi connectivity index (χ2v) is 5.54. The lowest BCUT2D eigenvalue weighted by molar-refractivity contribution is 0.0719. The van der Waals surface area contributed by atoms with Gasteiger partial charge in [0.2, 0.25) is 0 Å². The largest absolute Gasteiger partial charge is 0.496 e. The molecule has 4 heteroatoms. The number of amides is 1. The van der Waals surface area contributed by atoms with Gasteiger partial charge >= 0.3 is 0 Å². The number of hydrogen-bond acceptors (Lipinski definition) is 3. The van der Waals surface area contributed by atoms with Crippen LogP contribution in [0.25, 0.3) is 0 Å². The van der Waals surface area contributed by atoms with E-state index < -0.39 is 0 Å². The summed E-state index contributed by atoms with van der Waals surface area (Å²) in [5.74, 6) is 1.07. The van der Waals surface area contributed by atoms with Gasteiger partial charge in [-0.2, -0.15) is 0 Å². The van der Waals surface area contributed by atoms with E-state index >= 15 is 0 Å². The first kappa shape index (κ1) is 13.7. The minimum Gasteiger partial charge on any atom is -0.496 e. The molecule has 0 unspecified atom stereocenters. The van der Waals surface area contributed by atoms with Crippen molar-refractivity contribution in [3.8, 4) is 5.75 Å². The van der Waals surface area contributed by atoms with Crippen molar-refractivity contribution in [3.63, 3.8) is 0 Å². The zero-order valence-corrected chi connectivity index (χ0v) is 11.8. The molecule has 4 nitrogen and oxygen atoms in total. The van der Waals surface area contributed by atoms with E-state index in [1.54, 1.807) is 25.3 Å². The van der Waals surface area contributed by atoms with Crippen molar-refractivity contribution >= 4 is 11.6 Å². The number of carbonyl (C=O) groups is 1. The molecule has 19 heavy (non-hydrogen) atoms. The highest BCUT2D eigenvalue weighted by molar-refractivity contribution is 5.97. The Labute approximate surface area is 114 Å². The minimum atomic E-state index is 0.0491. The van der Waals surface area contributed by atoms with Gasteiger partial charge in [-0.1, -0.05) is 13.8 Å². The van der Waals surface area contributed by atoms with Crippen molar-refractivity contribution in [2.45, 2.75) is 32.7 Å². The van der Waals surface area contributed by atoms with Gasteiger partial charge in [0.05, 0.1) is 12.7 Å². The fourth-order valence-corrected chi connectivity index (χ4v) is 2.22. The third-order valence-corrected chi connectivity index (χ3v) is 3.27. The average Bonchev–Trinajstić information content (AvgIpc) is 3.19. The van der Waals surface area contributed by atoms with Crippen LogP contribution in [0.5, 0.6) is 5.75 Å². The van der Waals surface area contributed by atoms with Crippen LogP contribution >= 0.6 is 0 Å². The Balaban J connectivity index is 2.25. The number of methoxy groups -OCH3 is 1. The first-order valence-electron chi connectivity index (χ1n) is 6.77. The first-order chi connectivity index (χ1) is 9.02. The Morgan fingerprint density at radius 3 is 2.68 bits per heavy atom. The van der Waals surface area contributed by atoms with Crippen molar-refractivity contribution in [2.24, 2.45) is 5.92 Å². The molecule has 0 aliphatic heterocycles. The summed E-state index contributed by atoms with van der Waals surface area (Å²) in [5, 5.41) is 0. The van der Waals surface area contributed by atoms with Gasteiger partial charge in [-0.25, -0.2) is 0 Å². The monoisotopic (exact) mass is 262 g/mol. The molecule has 1 aromatic carbocycles. The molecule has 0 saturated heterocycles. The third-order valence-electron chi connectivity index (χ3n) is 3.27. The zero-order valence-electron chi connectivity index (χ0n) is 11.8. The van der Waals surface area contributed by atoms with E-state index in [9.17, 15) is 4.79 Å². The summed E-state index contributed by atoms with van der Waals surface area (Å²) in [7, 11) is 1.56. The summed E-state index contributed by atoms with van der Waals surface area (Å²) in [5.41, 5.74) is 6.94. The molecular weight excluding hydrogens is 240 g/mol. The van der Waals surface area contributed by atoms with Gasteiger partial charge < -0.3 is 15.4 Å². The van der Waals surface area contributed by atoms with Gasteiger partial charge in [0, 0.05) is 24.3 Å². The normalized spacial score (nSPS) is 14.5. The summed E-state index contributed by atoms with van der Waals surface area (Å²) in [6.07, 6.45) is 2.21. The standard InChI is InChI=1S/C15H22N2O2/c1-10(2)9-17(12-5-6-12)15(18)13-7-4-11(16)8-14(13)19-3/h4,7-8,10,12H,5-6,9,16H2,1-3H3. The lowest BCUT2D eigenvalue weighted by Crippen LogP contribution is -2.36.